The standard InChI is InChI=1S/C25H46N/c1-3-5-7-9-10-11-12-13-14-15-16-17-19-25-20-23-26(24-21-25)22-18-8-6-4-2/h20-21,23-24H,3-19,22H2,1-2H3/q+1. The quantitative estimate of drug-likeness (QED) is 0.186. The van der Waals surface area contributed by atoms with Crippen LogP contribution in [0.1, 0.15) is 122 Å². The van der Waals surface area contributed by atoms with Crippen molar-refractivity contribution in [3.8, 4) is 0 Å². The maximum atomic E-state index is 2.35. The summed E-state index contributed by atoms with van der Waals surface area (Å²) in [4.78, 5) is 0. The molecule has 1 rings (SSSR count). The molecule has 26 heavy (non-hydrogen) atoms. The van der Waals surface area contributed by atoms with Crippen molar-refractivity contribution >= 4 is 0 Å². The van der Waals surface area contributed by atoms with Crippen LogP contribution in [0.2, 0.25) is 0 Å². The Hall–Kier alpha value is -0.850. The normalized spacial score (nSPS) is 11.2. The maximum Gasteiger partial charge on any atom is 0.169 e. The number of hydrogen-bond acceptors (Lipinski definition) is 0. The average molecular weight is 361 g/mol. The molecule has 0 aromatic carbocycles. The van der Waals surface area contributed by atoms with Crippen molar-refractivity contribution in [1.82, 2.24) is 0 Å². The van der Waals surface area contributed by atoms with Gasteiger partial charge in [0.15, 0.2) is 12.4 Å². The lowest BCUT2D eigenvalue weighted by atomic mass is 10.0. The first-order valence-corrected chi connectivity index (χ1v) is 11.8. The SMILES string of the molecule is CCCCCCCCCCCCCCc1cc[n+](CCCCCC)cc1. The third-order valence-corrected chi connectivity index (χ3v) is 5.55. The fraction of sp³-hybridized carbons (Fsp3) is 0.800. The average Bonchev–Trinajstić information content (AvgIpc) is 2.67. The second-order valence-corrected chi connectivity index (χ2v) is 8.14. The summed E-state index contributed by atoms with van der Waals surface area (Å²) in [6.45, 7) is 5.75. The van der Waals surface area contributed by atoms with Crippen molar-refractivity contribution in [2.45, 2.75) is 130 Å². The van der Waals surface area contributed by atoms with E-state index in [-0.39, 0.29) is 0 Å². The predicted molar refractivity (Wildman–Crippen MR) is 116 cm³/mol. The highest BCUT2D eigenvalue weighted by atomic mass is 14.9. The molecule has 0 spiro atoms. The van der Waals surface area contributed by atoms with Crippen LogP contribution in [0.15, 0.2) is 24.5 Å². The molecule has 0 aliphatic rings. The highest BCUT2D eigenvalue weighted by Crippen LogP contribution is 2.13. The van der Waals surface area contributed by atoms with Gasteiger partial charge in [0.25, 0.3) is 0 Å². The van der Waals surface area contributed by atoms with E-state index in [2.05, 4.69) is 42.9 Å². The van der Waals surface area contributed by atoms with Crippen LogP contribution in [0.3, 0.4) is 0 Å². The fourth-order valence-electron chi connectivity index (χ4n) is 3.70. The molecule has 0 N–H and O–H groups in total. The second kappa shape index (κ2) is 17.6. The topological polar surface area (TPSA) is 3.88 Å². The van der Waals surface area contributed by atoms with Crippen LogP contribution in [0.25, 0.3) is 0 Å². The monoisotopic (exact) mass is 360 g/mol. The van der Waals surface area contributed by atoms with Crippen molar-refractivity contribution in [2.24, 2.45) is 0 Å². The molecule has 0 atom stereocenters. The summed E-state index contributed by atoms with van der Waals surface area (Å²) in [5.41, 5.74) is 1.52. The number of aromatic nitrogens is 1. The molecule has 1 heteroatoms. The first-order chi connectivity index (χ1) is 12.9. The van der Waals surface area contributed by atoms with E-state index >= 15 is 0 Å². The molecule has 1 nitrogen and oxygen atoms in total. The molecule has 0 amide bonds. The molecule has 0 unspecified atom stereocenters. The van der Waals surface area contributed by atoms with Gasteiger partial charge in [0.1, 0.15) is 6.54 Å². The summed E-state index contributed by atoms with van der Waals surface area (Å²) in [5, 5.41) is 0. The van der Waals surface area contributed by atoms with Gasteiger partial charge < -0.3 is 0 Å². The summed E-state index contributed by atoms with van der Waals surface area (Å²) in [7, 11) is 0. The van der Waals surface area contributed by atoms with E-state index in [9.17, 15) is 0 Å². The van der Waals surface area contributed by atoms with Gasteiger partial charge in [-0.3, -0.25) is 0 Å². The van der Waals surface area contributed by atoms with Gasteiger partial charge in [-0.1, -0.05) is 97.3 Å². The van der Waals surface area contributed by atoms with E-state index in [0.717, 1.165) is 0 Å². The van der Waals surface area contributed by atoms with Crippen LogP contribution in [-0.4, -0.2) is 0 Å². The first-order valence-electron chi connectivity index (χ1n) is 11.8. The number of aryl methyl sites for hydroxylation is 2. The Morgan fingerprint density at radius 2 is 0.962 bits per heavy atom. The van der Waals surface area contributed by atoms with Gasteiger partial charge in [-0.2, -0.15) is 0 Å². The molecule has 0 fully saturated rings. The van der Waals surface area contributed by atoms with Crippen LogP contribution in [0.4, 0.5) is 0 Å². The van der Waals surface area contributed by atoms with Gasteiger partial charge in [0, 0.05) is 18.6 Å². The maximum absolute atomic E-state index is 2.35. The van der Waals surface area contributed by atoms with Crippen LogP contribution in [-0.2, 0) is 13.0 Å². The predicted octanol–water partition coefficient (Wildman–Crippen LogP) is 7.80. The van der Waals surface area contributed by atoms with Gasteiger partial charge in [-0.15, -0.1) is 0 Å². The lowest BCUT2D eigenvalue weighted by molar-refractivity contribution is -0.697. The molecule has 0 saturated heterocycles. The van der Waals surface area contributed by atoms with Gasteiger partial charge >= 0.3 is 0 Å². The highest BCUT2D eigenvalue weighted by molar-refractivity contribution is 5.07. The van der Waals surface area contributed by atoms with Crippen molar-refractivity contribution in [3.63, 3.8) is 0 Å². The summed E-state index contributed by atoms with van der Waals surface area (Å²) in [6, 6.07) is 4.66. The number of unbranched alkanes of at least 4 members (excludes halogenated alkanes) is 14. The van der Waals surface area contributed by atoms with E-state index in [1.54, 1.807) is 0 Å². The lowest BCUT2D eigenvalue weighted by Gasteiger charge is -2.03. The number of rotatable bonds is 18. The van der Waals surface area contributed by atoms with Crippen molar-refractivity contribution in [3.05, 3.63) is 30.1 Å². The molecule has 0 aliphatic heterocycles. The summed E-state index contributed by atoms with van der Waals surface area (Å²) in [6.07, 6.45) is 28.4. The van der Waals surface area contributed by atoms with Crippen LogP contribution in [0.5, 0.6) is 0 Å². The summed E-state index contributed by atoms with van der Waals surface area (Å²) in [5.74, 6) is 0. The van der Waals surface area contributed by atoms with Crippen LogP contribution in [0, 0.1) is 0 Å². The number of pyridine rings is 1. The Bertz CT molecular complexity index is 395. The Morgan fingerprint density at radius 3 is 1.46 bits per heavy atom. The molecule has 1 heterocycles. The van der Waals surface area contributed by atoms with Gasteiger partial charge in [0.2, 0.25) is 0 Å². The summed E-state index contributed by atoms with van der Waals surface area (Å²) >= 11 is 0. The number of hydrogen-bond donors (Lipinski definition) is 0. The van der Waals surface area contributed by atoms with Crippen molar-refractivity contribution < 1.29 is 4.57 Å². The molecular weight excluding hydrogens is 314 g/mol. The molecule has 0 radical (unpaired) electrons. The largest absolute Gasteiger partial charge is 0.205 e. The molecule has 1 aromatic rings. The van der Waals surface area contributed by atoms with Crippen molar-refractivity contribution in [1.29, 1.82) is 0 Å². The highest BCUT2D eigenvalue weighted by Gasteiger charge is 2.01. The smallest absolute Gasteiger partial charge is 0.169 e. The minimum Gasteiger partial charge on any atom is -0.205 e. The minimum absolute atomic E-state index is 1.18. The minimum atomic E-state index is 1.18. The molecule has 1 aromatic heterocycles. The van der Waals surface area contributed by atoms with E-state index in [0.29, 0.717) is 0 Å². The second-order valence-electron chi connectivity index (χ2n) is 8.14. The Kier molecular flexibility index (Phi) is 15.7. The van der Waals surface area contributed by atoms with Crippen LogP contribution < -0.4 is 4.57 Å². The molecule has 0 aliphatic carbocycles. The van der Waals surface area contributed by atoms with Crippen LogP contribution >= 0.6 is 0 Å². The molecular formula is C25H46N+. The molecule has 150 valence electrons. The summed E-state index contributed by atoms with van der Waals surface area (Å²) < 4.78 is 2.35. The van der Waals surface area contributed by atoms with E-state index in [1.807, 2.05) is 0 Å². The lowest BCUT2D eigenvalue weighted by Crippen LogP contribution is -2.32. The number of nitrogens with zero attached hydrogens (tertiary/aromatic N) is 1. The zero-order valence-corrected chi connectivity index (χ0v) is 18.0. The van der Waals surface area contributed by atoms with Gasteiger partial charge in [-0.05, 0) is 24.8 Å². The Morgan fingerprint density at radius 1 is 0.538 bits per heavy atom. The molecule has 0 bridgehead atoms. The molecule has 0 saturated carbocycles. The first kappa shape index (κ1) is 23.2. The fourth-order valence-corrected chi connectivity index (χ4v) is 3.70. The van der Waals surface area contributed by atoms with E-state index < -0.39 is 0 Å². The van der Waals surface area contributed by atoms with E-state index in [4.69, 9.17) is 0 Å². The zero-order valence-electron chi connectivity index (χ0n) is 18.0. The van der Waals surface area contributed by atoms with Crippen molar-refractivity contribution in [2.75, 3.05) is 0 Å². The Balaban J connectivity index is 1.91. The Labute approximate surface area is 164 Å². The third-order valence-electron chi connectivity index (χ3n) is 5.55. The van der Waals surface area contributed by atoms with E-state index in [1.165, 1.54) is 121 Å². The van der Waals surface area contributed by atoms with Gasteiger partial charge in [-0.25, -0.2) is 4.57 Å². The third kappa shape index (κ3) is 13.4. The van der Waals surface area contributed by atoms with Gasteiger partial charge in [0.05, 0.1) is 0 Å². The zero-order chi connectivity index (χ0) is 18.7.